The van der Waals surface area contributed by atoms with Gasteiger partial charge >= 0.3 is 0 Å². The molecule has 0 aromatic heterocycles. The van der Waals surface area contributed by atoms with E-state index in [1.807, 2.05) is 0 Å². The van der Waals surface area contributed by atoms with Gasteiger partial charge in [-0.1, -0.05) is 182 Å². The van der Waals surface area contributed by atoms with Gasteiger partial charge in [0.2, 0.25) is 0 Å². The average molecular weight is 726 g/mol. The van der Waals surface area contributed by atoms with Crippen molar-refractivity contribution in [3.63, 3.8) is 0 Å². The first-order chi connectivity index (χ1) is 28.3. The van der Waals surface area contributed by atoms with E-state index in [0.29, 0.717) is 0 Å². The van der Waals surface area contributed by atoms with Crippen molar-refractivity contribution >= 4 is 65.2 Å². The van der Waals surface area contributed by atoms with Crippen LogP contribution in [0.2, 0.25) is 0 Å². The molecule has 0 atom stereocenters. The number of anilines is 2. The fourth-order valence-electron chi connectivity index (χ4n) is 9.33. The summed E-state index contributed by atoms with van der Waals surface area (Å²) in [6.45, 7) is 0. The molecule has 0 saturated carbocycles. The molecule has 10 aromatic rings. The molecule has 0 unspecified atom stereocenters. The Morgan fingerprint density at radius 3 is 1.63 bits per heavy atom. The van der Waals surface area contributed by atoms with E-state index in [1.54, 1.807) is 0 Å². The van der Waals surface area contributed by atoms with E-state index >= 15 is 0 Å². The van der Waals surface area contributed by atoms with E-state index in [1.165, 1.54) is 98.6 Å². The van der Waals surface area contributed by atoms with Crippen LogP contribution in [0.1, 0.15) is 12.8 Å². The molecular formula is C56H39N. The topological polar surface area (TPSA) is 3.24 Å². The van der Waals surface area contributed by atoms with Gasteiger partial charge in [0, 0.05) is 16.8 Å². The van der Waals surface area contributed by atoms with Crippen LogP contribution in [0.25, 0.3) is 87.2 Å². The maximum Gasteiger partial charge on any atom is 0.0543 e. The summed E-state index contributed by atoms with van der Waals surface area (Å²) in [4.78, 5) is 2.53. The summed E-state index contributed by atoms with van der Waals surface area (Å²) in [5, 5.41) is 12.6. The summed E-state index contributed by atoms with van der Waals surface area (Å²) < 4.78 is 0. The maximum absolute atomic E-state index is 2.53. The molecule has 57 heavy (non-hydrogen) atoms. The highest BCUT2D eigenvalue weighted by molar-refractivity contribution is 6.33. The molecule has 0 saturated heterocycles. The van der Waals surface area contributed by atoms with E-state index in [4.69, 9.17) is 0 Å². The molecule has 0 aliphatic heterocycles. The lowest BCUT2D eigenvalue weighted by Gasteiger charge is -2.31. The Bertz CT molecular complexity index is 3210. The molecule has 0 amide bonds. The van der Waals surface area contributed by atoms with Crippen molar-refractivity contribution in [3.8, 4) is 33.4 Å². The Hall–Kier alpha value is -7.22. The number of nitrogens with zero attached hydrogens (tertiary/aromatic N) is 1. The second kappa shape index (κ2) is 13.8. The Kier molecular flexibility index (Phi) is 8.03. The lowest BCUT2D eigenvalue weighted by Crippen LogP contribution is -2.17. The van der Waals surface area contributed by atoms with Crippen LogP contribution < -0.4 is 4.90 Å². The van der Waals surface area contributed by atoms with Gasteiger partial charge in [-0.3, -0.25) is 0 Å². The average Bonchev–Trinajstić information content (AvgIpc) is 3.30. The number of rotatable bonds is 6. The van der Waals surface area contributed by atoms with Crippen molar-refractivity contribution in [3.05, 3.63) is 218 Å². The minimum Gasteiger partial charge on any atom is -0.314 e. The summed E-state index contributed by atoms with van der Waals surface area (Å²) in [6.07, 6.45) is 8.79. The summed E-state index contributed by atoms with van der Waals surface area (Å²) in [6, 6.07) is 71.7. The number of fused-ring (bicyclic) bond motifs is 9. The second-order valence-corrected chi connectivity index (χ2v) is 15.1. The van der Waals surface area contributed by atoms with E-state index < -0.39 is 0 Å². The van der Waals surface area contributed by atoms with Crippen LogP contribution in [0.5, 0.6) is 0 Å². The summed E-state index contributed by atoms with van der Waals surface area (Å²) in [5.41, 5.74) is 11.0. The molecule has 1 aliphatic rings. The predicted molar refractivity (Wildman–Crippen MR) is 245 cm³/mol. The Morgan fingerprint density at radius 1 is 0.386 bits per heavy atom. The fraction of sp³-hybridized carbons (Fsp3) is 0.0357. The first kappa shape index (κ1) is 33.1. The van der Waals surface area contributed by atoms with Crippen molar-refractivity contribution in [2.75, 3.05) is 4.90 Å². The van der Waals surface area contributed by atoms with Crippen LogP contribution in [-0.2, 0) is 0 Å². The summed E-state index contributed by atoms with van der Waals surface area (Å²) in [7, 11) is 0. The standard InChI is InChI=1S/C56H39N/c1-5-19-38(20-6-1)50-37-51(39-21-7-2-8-22-39)55-48-32-18-16-30-46(48)52-36-43(33-34-49(52)56(55)54(50)40-23-9-3-10-24-40)57(42-26-11-4-12-27-42)53-35-41-25-13-14-28-44(41)45-29-15-17-31-47(45)53/h1-11,13-26,28-37H,12,27H2. The number of hydrogen-bond donors (Lipinski definition) is 0. The van der Waals surface area contributed by atoms with Gasteiger partial charge in [-0.15, -0.1) is 0 Å². The number of allylic oxidation sites excluding steroid dienone is 4. The first-order valence-electron chi connectivity index (χ1n) is 20.0. The van der Waals surface area contributed by atoms with Gasteiger partial charge < -0.3 is 4.90 Å². The Morgan fingerprint density at radius 2 is 0.947 bits per heavy atom. The van der Waals surface area contributed by atoms with Gasteiger partial charge in [0.05, 0.1) is 5.69 Å². The molecule has 268 valence electrons. The third-order valence-corrected chi connectivity index (χ3v) is 11.8. The van der Waals surface area contributed by atoms with E-state index in [0.717, 1.165) is 18.5 Å². The molecule has 1 aliphatic carbocycles. The minimum atomic E-state index is 0.965. The Labute approximate surface area is 333 Å². The third kappa shape index (κ3) is 5.54. The number of benzene rings is 10. The molecule has 0 heterocycles. The van der Waals surface area contributed by atoms with Gasteiger partial charge in [-0.25, -0.2) is 0 Å². The molecule has 1 heteroatoms. The fourth-order valence-corrected chi connectivity index (χ4v) is 9.33. The monoisotopic (exact) mass is 725 g/mol. The van der Waals surface area contributed by atoms with Crippen molar-refractivity contribution in [1.29, 1.82) is 0 Å². The van der Waals surface area contributed by atoms with Crippen LogP contribution in [0.15, 0.2) is 218 Å². The SMILES string of the molecule is C1=CCCC(N(c2ccc3c(c2)c2ccccc2c2c(-c4ccccc4)cc(-c4ccccc4)c(-c4ccccc4)c32)c2cc3ccccc3c3ccccc23)=C1. The first-order valence-corrected chi connectivity index (χ1v) is 20.0. The molecule has 0 fully saturated rings. The van der Waals surface area contributed by atoms with Gasteiger partial charge in [-0.2, -0.15) is 0 Å². The van der Waals surface area contributed by atoms with Crippen LogP contribution in [0.3, 0.4) is 0 Å². The van der Waals surface area contributed by atoms with Gasteiger partial charge in [-0.05, 0) is 125 Å². The molecule has 0 N–H and O–H groups in total. The zero-order valence-electron chi connectivity index (χ0n) is 31.6. The zero-order chi connectivity index (χ0) is 37.7. The largest absolute Gasteiger partial charge is 0.314 e. The van der Waals surface area contributed by atoms with Crippen LogP contribution >= 0.6 is 0 Å². The van der Waals surface area contributed by atoms with Crippen molar-refractivity contribution in [1.82, 2.24) is 0 Å². The minimum absolute atomic E-state index is 0.965. The van der Waals surface area contributed by atoms with Crippen LogP contribution in [0, 0.1) is 0 Å². The normalized spacial score (nSPS) is 12.8. The van der Waals surface area contributed by atoms with Crippen molar-refractivity contribution < 1.29 is 0 Å². The molecule has 0 bridgehead atoms. The highest BCUT2D eigenvalue weighted by Crippen LogP contribution is 2.50. The van der Waals surface area contributed by atoms with Gasteiger partial charge in [0.25, 0.3) is 0 Å². The molecule has 0 radical (unpaired) electrons. The lowest BCUT2D eigenvalue weighted by molar-refractivity contribution is 0.920. The second-order valence-electron chi connectivity index (χ2n) is 15.1. The van der Waals surface area contributed by atoms with Crippen LogP contribution in [0.4, 0.5) is 11.4 Å². The lowest BCUT2D eigenvalue weighted by atomic mass is 9.81. The summed E-state index contributed by atoms with van der Waals surface area (Å²) >= 11 is 0. The van der Waals surface area contributed by atoms with Gasteiger partial charge in [0.15, 0.2) is 0 Å². The molecular weight excluding hydrogens is 687 g/mol. The van der Waals surface area contributed by atoms with E-state index in [2.05, 4.69) is 217 Å². The highest BCUT2D eigenvalue weighted by Gasteiger charge is 2.24. The quantitative estimate of drug-likeness (QED) is 0.154. The highest BCUT2D eigenvalue weighted by atomic mass is 15.1. The van der Waals surface area contributed by atoms with Crippen molar-refractivity contribution in [2.45, 2.75) is 12.8 Å². The zero-order valence-corrected chi connectivity index (χ0v) is 31.6. The molecule has 11 rings (SSSR count). The Balaban J connectivity index is 1.29. The van der Waals surface area contributed by atoms with Gasteiger partial charge in [0.1, 0.15) is 0 Å². The summed E-state index contributed by atoms with van der Waals surface area (Å²) in [5.74, 6) is 0. The maximum atomic E-state index is 2.53. The van der Waals surface area contributed by atoms with Crippen molar-refractivity contribution in [2.24, 2.45) is 0 Å². The predicted octanol–water partition coefficient (Wildman–Crippen LogP) is 15.8. The van der Waals surface area contributed by atoms with E-state index in [9.17, 15) is 0 Å². The third-order valence-electron chi connectivity index (χ3n) is 11.8. The number of hydrogen-bond acceptors (Lipinski definition) is 1. The molecule has 1 nitrogen and oxygen atoms in total. The smallest absolute Gasteiger partial charge is 0.0543 e. The molecule has 0 spiro atoms. The van der Waals surface area contributed by atoms with Crippen LogP contribution in [-0.4, -0.2) is 0 Å². The van der Waals surface area contributed by atoms with E-state index in [-0.39, 0.29) is 0 Å². The molecule has 10 aromatic carbocycles.